The van der Waals surface area contributed by atoms with Crippen molar-refractivity contribution >= 4 is 34.1 Å². The van der Waals surface area contributed by atoms with Gasteiger partial charge in [0, 0.05) is 34.3 Å². The molecule has 0 fully saturated rings. The number of halogens is 1. The van der Waals surface area contributed by atoms with Crippen LogP contribution >= 0.6 is 11.6 Å². The Morgan fingerprint density at radius 1 is 1.11 bits per heavy atom. The molecule has 1 atom stereocenters. The second-order valence-corrected chi connectivity index (χ2v) is 9.60. The molecule has 3 heterocycles. The Labute approximate surface area is 214 Å². The summed E-state index contributed by atoms with van der Waals surface area (Å²) < 4.78 is 5.70. The van der Waals surface area contributed by atoms with E-state index < -0.39 is 6.04 Å². The number of aromatic amines is 1. The van der Waals surface area contributed by atoms with Gasteiger partial charge in [-0.05, 0) is 41.8 Å². The average molecular weight is 502 g/mol. The molecular weight excluding hydrogens is 474 g/mol. The second kappa shape index (κ2) is 10.2. The van der Waals surface area contributed by atoms with Crippen molar-refractivity contribution in [2.24, 2.45) is 11.0 Å². The summed E-state index contributed by atoms with van der Waals surface area (Å²) in [6.45, 7) is 4.19. The van der Waals surface area contributed by atoms with Crippen molar-refractivity contribution in [1.82, 2.24) is 9.99 Å². The minimum absolute atomic E-state index is 0.0679. The fourth-order valence-corrected chi connectivity index (χ4v) is 5.13. The number of hydrogen-bond acceptors (Lipinski definition) is 4. The molecule has 4 aromatic rings. The Morgan fingerprint density at radius 2 is 1.89 bits per heavy atom. The van der Waals surface area contributed by atoms with Gasteiger partial charge in [0.2, 0.25) is 5.91 Å². The van der Waals surface area contributed by atoms with Crippen LogP contribution in [0.25, 0.3) is 22.0 Å². The predicted molar refractivity (Wildman–Crippen MR) is 143 cm³/mol. The summed E-state index contributed by atoms with van der Waals surface area (Å²) in [7, 11) is 0. The molecular formula is C29H28ClN3O3. The number of carbonyl (C=O) groups is 1. The summed E-state index contributed by atoms with van der Waals surface area (Å²) in [5, 5.41) is 7.69. The maximum absolute atomic E-state index is 13.5. The first-order valence-corrected chi connectivity index (χ1v) is 12.7. The van der Waals surface area contributed by atoms with E-state index in [1.807, 2.05) is 48.5 Å². The number of fused-ring (bicyclic) bond motifs is 1. The number of nitrogens with one attached hydrogen (secondary N) is 1. The van der Waals surface area contributed by atoms with E-state index >= 15 is 0 Å². The molecule has 2 aromatic heterocycles. The minimum Gasteiger partial charge on any atom is -0.467 e. The van der Waals surface area contributed by atoms with E-state index in [1.54, 1.807) is 18.4 Å². The Hall–Kier alpha value is -3.64. The molecule has 1 amide bonds. The van der Waals surface area contributed by atoms with Crippen LogP contribution in [0.5, 0.6) is 0 Å². The standard InChI is InChI=1S/C29H28ClN3O3/c1-3-18(4-2)15-26(34)33-24(25-11-8-14-36-25)17-23(32-33)28-27(19-9-6-5-7-10-19)21-16-20(30)12-13-22(21)31-29(28)35/h5-14,16,18,24H,3-4,15,17H2,1-2H3,(H,31,35)/t24-/m0/s1. The molecule has 36 heavy (non-hydrogen) atoms. The van der Waals surface area contributed by atoms with Gasteiger partial charge in [-0.3, -0.25) is 9.59 Å². The zero-order valence-electron chi connectivity index (χ0n) is 20.3. The summed E-state index contributed by atoms with van der Waals surface area (Å²) in [5.74, 6) is 0.856. The van der Waals surface area contributed by atoms with Gasteiger partial charge in [0.1, 0.15) is 11.8 Å². The number of aromatic nitrogens is 1. The van der Waals surface area contributed by atoms with Crippen LogP contribution < -0.4 is 5.56 Å². The number of H-pyrrole nitrogens is 1. The summed E-state index contributed by atoms with van der Waals surface area (Å²) in [5.41, 5.74) is 3.07. The lowest BCUT2D eigenvalue weighted by Gasteiger charge is -2.22. The summed E-state index contributed by atoms with van der Waals surface area (Å²) in [6, 6.07) is 18.4. The Morgan fingerprint density at radius 3 is 2.58 bits per heavy atom. The third-order valence-electron chi connectivity index (χ3n) is 6.98. The number of pyridine rings is 1. The molecule has 0 unspecified atom stereocenters. The molecule has 0 radical (unpaired) electrons. The van der Waals surface area contributed by atoms with Crippen molar-refractivity contribution in [3.63, 3.8) is 0 Å². The third kappa shape index (κ3) is 4.49. The van der Waals surface area contributed by atoms with Gasteiger partial charge in [-0.1, -0.05) is 68.6 Å². The lowest BCUT2D eigenvalue weighted by atomic mass is 9.92. The fraction of sp³-hybridized carbons (Fsp3) is 0.276. The largest absolute Gasteiger partial charge is 0.467 e. The van der Waals surface area contributed by atoms with Gasteiger partial charge in [-0.2, -0.15) is 5.10 Å². The van der Waals surface area contributed by atoms with Crippen LogP contribution in [-0.4, -0.2) is 21.6 Å². The van der Waals surface area contributed by atoms with Gasteiger partial charge in [0.15, 0.2) is 0 Å². The highest BCUT2D eigenvalue weighted by Crippen LogP contribution is 2.38. The Balaban J connectivity index is 1.69. The summed E-state index contributed by atoms with van der Waals surface area (Å²) in [6.07, 6.45) is 4.20. The van der Waals surface area contributed by atoms with Crippen molar-refractivity contribution in [3.8, 4) is 11.1 Å². The Bertz CT molecular complexity index is 1470. The highest BCUT2D eigenvalue weighted by atomic mass is 35.5. The molecule has 0 saturated carbocycles. The third-order valence-corrected chi connectivity index (χ3v) is 7.22. The number of carbonyl (C=O) groups excluding carboxylic acids is 1. The highest BCUT2D eigenvalue weighted by Gasteiger charge is 2.37. The molecule has 1 aliphatic heterocycles. The van der Waals surface area contributed by atoms with E-state index in [2.05, 4.69) is 18.8 Å². The predicted octanol–water partition coefficient (Wildman–Crippen LogP) is 6.95. The normalized spacial score (nSPS) is 15.6. The molecule has 1 aliphatic rings. The van der Waals surface area contributed by atoms with E-state index in [0.717, 1.165) is 29.4 Å². The lowest BCUT2D eigenvalue weighted by Crippen LogP contribution is -2.28. The molecule has 7 heteroatoms. The molecule has 6 nitrogen and oxygen atoms in total. The molecule has 2 aromatic carbocycles. The number of hydrazone groups is 1. The van der Waals surface area contributed by atoms with Crippen LogP contribution in [0.1, 0.15) is 56.9 Å². The monoisotopic (exact) mass is 501 g/mol. The number of benzene rings is 2. The van der Waals surface area contributed by atoms with Crippen molar-refractivity contribution < 1.29 is 9.21 Å². The maximum atomic E-state index is 13.5. The molecule has 0 bridgehead atoms. The van der Waals surface area contributed by atoms with Crippen LogP contribution in [0, 0.1) is 5.92 Å². The first-order chi connectivity index (χ1) is 17.5. The van der Waals surface area contributed by atoms with Crippen molar-refractivity contribution in [1.29, 1.82) is 0 Å². The van der Waals surface area contributed by atoms with Gasteiger partial charge in [-0.25, -0.2) is 5.01 Å². The van der Waals surface area contributed by atoms with Gasteiger partial charge < -0.3 is 9.40 Å². The van der Waals surface area contributed by atoms with E-state index in [4.69, 9.17) is 21.1 Å². The number of amides is 1. The summed E-state index contributed by atoms with van der Waals surface area (Å²) in [4.78, 5) is 30.0. The van der Waals surface area contributed by atoms with Gasteiger partial charge >= 0.3 is 0 Å². The lowest BCUT2D eigenvalue weighted by molar-refractivity contribution is -0.134. The zero-order chi connectivity index (χ0) is 25.2. The van der Waals surface area contributed by atoms with E-state index in [9.17, 15) is 9.59 Å². The molecule has 1 N–H and O–H groups in total. The van der Waals surface area contributed by atoms with Crippen molar-refractivity contribution in [3.05, 3.63) is 93.6 Å². The first kappa shape index (κ1) is 24.1. The van der Waals surface area contributed by atoms with Crippen LogP contribution in [0.4, 0.5) is 0 Å². The highest BCUT2D eigenvalue weighted by molar-refractivity contribution is 6.31. The molecule has 0 aliphatic carbocycles. The van der Waals surface area contributed by atoms with E-state index in [1.165, 1.54) is 5.01 Å². The fourth-order valence-electron chi connectivity index (χ4n) is 4.96. The molecule has 5 rings (SSSR count). The quantitative estimate of drug-likeness (QED) is 0.297. The van der Waals surface area contributed by atoms with E-state index in [-0.39, 0.29) is 17.4 Å². The summed E-state index contributed by atoms with van der Waals surface area (Å²) >= 11 is 6.37. The Kier molecular flexibility index (Phi) is 6.79. The van der Waals surface area contributed by atoms with Gasteiger partial charge in [-0.15, -0.1) is 0 Å². The van der Waals surface area contributed by atoms with Crippen LogP contribution in [0.3, 0.4) is 0 Å². The second-order valence-electron chi connectivity index (χ2n) is 9.17. The van der Waals surface area contributed by atoms with Gasteiger partial charge in [0.05, 0.1) is 17.5 Å². The van der Waals surface area contributed by atoms with Crippen LogP contribution in [0.2, 0.25) is 5.02 Å². The van der Waals surface area contributed by atoms with Crippen molar-refractivity contribution in [2.45, 2.75) is 45.6 Å². The zero-order valence-corrected chi connectivity index (χ0v) is 21.1. The number of nitrogens with zero attached hydrogens (tertiary/aromatic N) is 2. The first-order valence-electron chi connectivity index (χ1n) is 12.3. The SMILES string of the molecule is CCC(CC)CC(=O)N1N=C(c2c(-c3ccccc3)c3cc(Cl)ccc3[nH]c2=O)C[C@H]1c1ccco1. The molecule has 0 spiro atoms. The topological polar surface area (TPSA) is 78.7 Å². The van der Waals surface area contributed by atoms with Crippen LogP contribution in [-0.2, 0) is 4.79 Å². The molecule has 0 saturated heterocycles. The number of hydrogen-bond donors (Lipinski definition) is 1. The van der Waals surface area contributed by atoms with E-state index in [0.29, 0.717) is 40.4 Å². The van der Waals surface area contributed by atoms with Crippen LogP contribution in [0.15, 0.2) is 81.2 Å². The minimum atomic E-state index is -0.407. The average Bonchev–Trinajstić information content (AvgIpc) is 3.57. The molecule has 184 valence electrons. The van der Waals surface area contributed by atoms with Crippen molar-refractivity contribution in [2.75, 3.05) is 0 Å². The maximum Gasteiger partial charge on any atom is 0.258 e. The number of furan rings is 1. The van der Waals surface area contributed by atoms with Gasteiger partial charge in [0.25, 0.3) is 5.56 Å². The number of rotatable bonds is 7. The smallest absolute Gasteiger partial charge is 0.258 e.